The van der Waals surface area contributed by atoms with E-state index in [1.807, 2.05) is 4.90 Å². The van der Waals surface area contributed by atoms with Crippen LogP contribution in [0.2, 0.25) is 0 Å². The van der Waals surface area contributed by atoms with Gasteiger partial charge in [0.05, 0.1) is 32.0 Å². The van der Waals surface area contributed by atoms with Gasteiger partial charge in [0.25, 0.3) is 6.01 Å². The van der Waals surface area contributed by atoms with Crippen molar-refractivity contribution < 1.29 is 23.8 Å². The first-order valence-electron chi connectivity index (χ1n) is 7.56. The summed E-state index contributed by atoms with van der Waals surface area (Å²) in [6.07, 6.45) is 0.818. The molecule has 0 aromatic carbocycles. The summed E-state index contributed by atoms with van der Waals surface area (Å²) in [7, 11) is 0. The van der Waals surface area contributed by atoms with Crippen LogP contribution in [0.4, 0.5) is 6.01 Å². The Morgan fingerprint density at radius 2 is 2.23 bits per heavy atom. The van der Waals surface area contributed by atoms with Gasteiger partial charge in [-0.3, -0.25) is 4.90 Å². The summed E-state index contributed by atoms with van der Waals surface area (Å²) in [5.41, 5.74) is 0.154. The molecule has 1 aromatic rings. The van der Waals surface area contributed by atoms with Gasteiger partial charge in [-0.2, -0.15) is 4.98 Å². The van der Waals surface area contributed by atoms with Gasteiger partial charge in [-0.1, -0.05) is 0 Å². The van der Waals surface area contributed by atoms with Crippen LogP contribution < -0.4 is 4.90 Å². The lowest BCUT2D eigenvalue weighted by atomic mass is 10.2. The second-order valence-corrected chi connectivity index (χ2v) is 5.42. The van der Waals surface area contributed by atoms with Crippen LogP contribution in [0.15, 0.2) is 10.7 Å². The second-order valence-electron chi connectivity index (χ2n) is 5.42. The highest BCUT2D eigenvalue weighted by atomic mass is 16.5. The Labute approximate surface area is 128 Å². The predicted molar refractivity (Wildman–Crippen MR) is 76.9 cm³/mol. The third kappa shape index (κ3) is 3.08. The number of oxazole rings is 1. The summed E-state index contributed by atoms with van der Waals surface area (Å²) < 4.78 is 15.6. The van der Waals surface area contributed by atoms with Crippen LogP contribution >= 0.6 is 0 Å². The molecule has 122 valence electrons. The summed E-state index contributed by atoms with van der Waals surface area (Å²) in [6.45, 7) is 6.09. The molecule has 22 heavy (non-hydrogen) atoms. The lowest BCUT2D eigenvalue weighted by molar-refractivity contribution is -0.00589. The first-order chi connectivity index (χ1) is 10.7. The Morgan fingerprint density at radius 3 is 2.95 bits per heavy atom. The Balaban J connectivity index is 1.65. The number of aliphatic hydroxyl groups excluding tert-OH is 1. The number of hydrogen-bond acceptors (Lipinski definition) is 8. The fraction of sp³-hybridized carbons (Fsp3) is 0.714. The van der Waals surface area contributed by atoms with Crippen LogP contribution in [0.5, 0.6) is 0 Å². The Hall–Kier alpha value is -1.64. The van der Waals surface area contributed by atoms with E-state index in [1.54, 1.807) is 6.92 Å². The molecule has 2 aliphatic heterocycles. The Morgan fingerprint density at radius 1 is 1.45 bits per heavy atom. The van der Waals surface area contributed by atoms with Crippen LogP contribution in [0.3, 0.4) is 0 Å². The summed E-state index contributed by atoms with van der Waals surface area (Å²) in [5, 5.41) is 10.3. The molecule has 8 nitrogen and oxygen atoms in total. The van der Waals surface area contributed by atoms with Gasteiger partial charge in [0.2, 0.25) is 0 Å². The van der Waals surface area contributed by atoms with Crippen molar-refractivity contribution in [2.24, 2.45) is 0 Å². The van der Waals surface area contributed by atoms with Gasteiger partial charge >= 0.3 is 5.97 Å². The maximum Gasteiger partial charge on any atom is 0.360 e. The molecule has 3 heterocycles. The maximum atomic E-state index is 11.6. The molecule has 1 aromatic heterocycles. The number of aromatic nitrogens is 1. The first-order valence-corrected chi connectivity index (χ1v) is 7.56. The van der Waals surface area contributed by atoms with Gasteiger partial charge in [-0.25, -0.2) is 4.79 Å². The average molecular weight is 311 g/mol. The lowest BCUT2D eigenvalue weighted by Gasteiger charge is -2.33. The molecule has 0 radical (unpaired) electrons. The molecule has 0 unspecified atom stereocenters. The molecule has 0 amide bonds. The summed E-state index contributed by atoms with van der Waals surface area (Å²) in [4.78, 5) is 19.8. The van der Waals surface area contributed by atoms with Crippen LogP contribution in [-0.4, -0.2) is 79.1 Å². The van der Waals surface area contributed by atoms with Crippen molar-refractivity contribution in [3.05, 3.63) is 12.0 Å². The van der Waals surface area contributed by atoms with Gasteiger partial charge in [0.1, 0.15) is 6.26 Å². The van der Waals surface area contributed by atoms with Gasteiger partial charge in [0.15, 0.2) is 5.69 Å². The van der Waals surface area contributed by atoms with E-state index in [9.17, 15) is 9.90 Å². The molecule has 1 N–H and O–H groups in total. The minimum Gasteiger partial charge on any atom is -0.461 e. The third-order valence-corrected chi connectivity index (χ3v) is 4.02. The molecule has 0 aliphatic carbocycles. The molecule has 0 bridgehead atoms. The van der Waals surface area contributed by atoms with Crippen molar-refractivity contribution in [1.29, 1.82) is 0 Å². The number of rotatable bonds is 4. The number of esters is 1. The van der Waals surface area contributed by atoms with Gasteiger partial charge in [0, 0.05) is 26.2 Å². The molecule has 2 atom stereocenters. The van der Waals surface area contributed by atoms with Gasteiger partial charge < -0.3 is 23.9 Å². The Kier molecular flexibility index (Phi) is 4.60. The zero-order valence-electron chi connectivity index (χ0n) is 12.6. The fourth-order valence-corrected chi connectivity index (χ4v) is 2.90. The largest absolute Gasteiger partial charge is 0.461 e. The molecule has 2 aliphatic rings. The van der Waals surface area contributed by atoms with Crippen LogP contribution in [-0.2, 0) is 9.47 Å². The van der Waals surface area contributed by atoms with Crippen molar-refractivity contribution in [1.82, 2.24) is 9.88 Å². The average Bonchev–Trinajstić information content (AvgIpc) is 3.15. The van der Waals surface area contributed by atoms with Crippen molar-refractivity contribution >= 4 is 12.0 Å². The van der Waals surface area contributed by atoms with Crippen molar-refractivity contribution in [3.63, 3.8) is 0 Å². The van der Waals surface area contributed by atoms with Gasteiger partial charge in [-0.05, 0) is 6.92 Å². The highest BCUT2D eigenvalue weighted by Crippen LogP contribution is 2.23. The molecule has 0 saturated carbocycles. The molecule has 8 heteroatoms. The minimum absolute atomic E-state index is 0.0295. The number of ether oxygens (including phenoxy) is 2. The standard InChI is InChI=1S/C14H21N3O5/c1-2-21-13(19)10-9-22-14(15-10)17-7-11(12(18)8-17)16-3-5-20-6-4-16/h9,11-12,18H,2-8H2,1H3/t11-,12-/m0/s1. The van der Waals surface area contributed by atoms with Gasteiger partial charge in [-0.15, -0.1) is 0 Å². The lowest BCUT2D eigenvalue weighted by Crippen LogP contribution is -2.48. The zero-order valence-corrected chi connectivity index (χ0v) is 12.6. The molecule has 0 spiro atoms. The second kappa shape index (κ2) is 6.64. The van der Waals surface area contributed by atoms with Crippen molar-refractivity contribution in [2.45, 2.75) is 19.1 Å². The summed E-state index contributed by atoms with van der Waals surface area (Å²) >= 11 is 0. The van der Waals surface area contributed by atoms with E-state index in [0.29, 0.717) is 38.9 Å². The zero-order chi connectivity index (χ0) is 15.5. The predicted octanol–water partition coefficient (Wildman–Crippen LogP) is -0.267. The number of anilines is 1. The minimum atomic E-state index is -0.498. The molecular weight excluding hydrogens is 290 g/mol. The number of carbonyl (C=O) groups excluding carboxylic acids is 1. The number of morpholine rings is 1. The third-order valence-electron chi connectivity index (χ3n) is 4.02. The maximum absolute atomic E-state index is 11.6. The van der Waals surface area contributed by atoms with E-state index in [2.05, 4.69) is 9.88 Å². The number of carbonyl (C=O) groups is 1. The number of hydrogen-bond donors (Lipinski definition) is 1. The number of β-amino-alcohol motifs (C(OH)–C–C–N with tert-alkyl or cyclic N) is 1. The molecule has 2 saturated heterocycles. The van der Waals surface area contributed by atoms with Crippen LogP contribution in [0.25, 0.3) is 0 Å². The van der Waals surface area contributed by atoms with E-state index < -0.39 is 12.1 Å². The molecular formula is C14H21N3O5. The van der Waals surface area contributed by atoms with Crippen molar-refractivity contribution in [2.75, 3.05) is 50.9 Å². The highest BCUT2D eigenvalue weighted by Gasteiger charge is 2.38. The first kappa shape index (κ1) is 15.3. The fourth-order valence-electron chi connectivity index (χ4n) is 2.90. The van der Waals surface area contributed by atoms with E-state index in [4.69, 9.17) is 13.9 Å². The van der Waals surface area contributed by atoms with E-state index in [0.717, 1.165) is 13.1 Å². The van der Waals surface area contributed by atoms with Crippen LogP contribution in [0, 0.1) is 0 Å². The quantitative estimate of drug-likeness (QED) is 0.761. The van der Waals surface area contributed by atoms with E-state index in [1.165, 1.54) is 6.26 Å². The SMILES string of the molecule is CCOC(=O)c1coc(N2C[C@H](O)[C@@H](N3CCOCC3)C2)n1. The topological polar surface area (TPSA) is 88.3 Å². The number of nitrogens with zero attached hydrogens (tertiary/aromatic N) is 3. The normalized spacial score (nSPS) is 26.4. The molecule has 2 fully saturated rings. The molecule has 3 rings (SSSR count). The van der Waals surface area contributed by atoms with E-state index in [-0.39, 0.29) is 11.7 Å². The monoisotopic (exact) mass is 311 g/mol. The number of aliphatic hydroxyl groups is 1. The highest BCUT2D eigenvalue weighted by molar-refractivity contribution is 5.87. The Bertz CT molecular complexity index is 514. The van der Waals surface area contributed by atoms with E-state index >= 15 is 0 Å². The summed E-state index contributed by atoms with van der Waals surface area (Å²) in [6, 6.07) is 0.375. The van der Waals surface area contributed by atoms with Crippen molar-refractivity contribution in [3.8, 4) is 0 Å². The summed E-state index contributed by atoms with van der Waals surface area (Å²) in [5.74, 6) is -0.498. The smallest absolute Gasteiger partial charge is 0.360 e. The van der Waals surface area contributed by atoms with Crippen LogP contribution in [0.1, 0.15) is 17.4 Å².